The van der Waals surface area contributed by atoms with Crippen LogP contribution in [0, 0.1) is 0 Å². The van der Waals surface area contributed by atoms with Gasteiger partial charge in [0.25, 0.3) is 0 Å². The highest BCUT2D eigenvalue weighted by Crippen LogP contribution is 2.27. The van der Waals surface area contributed by atoms with Gasteiger partial charge < -0.3 is 20.7 Å². The molecule has 1 aliphatic rings. The van der Waals surface area contributed by atoms with Crippen molar-refractivity contribution in [1.82, 2.24) is 10.2 Å². The van der Waals surface area contributed by atoms with Crippen molar-refractivity contribution in [2.24, 2.45) is 5.73 Å². The first-order valence-corrected chi connectivity index (χ1v) is 13.3. The first-order chi connectivity index (χ1) is 18.3. The van der Waals surface area contributed by atoms with E-state index in [1.165, 1.54) is 0 Å². The van der Waals surface area contributed by atoms with E-state index < -0.39 is 5.91 Å². The molecule has 1 heterocycles. The summed E-state index contributed by atoms with van der Waals surface area (Å²) in [6.07, 6.45) is 0. The van der Waals surface area contributed by atoms with E-state index in [0.717, 1.165) is 42.0 Å². The monoisotopic (exact) mass is 554 g/mol. The van der Waals surface area contributed by atoms with Crippen LogP contribution >= 0.6 is 23.2 Å². The van der Waals surface area contributed by atoms with Crippen molar-refractivity contribution in [1.29, 1.82) is 0 Å². The first-order valence-electron chi connectivity index (χ1n) is 12.5. The van der Waals surface area contributed by atoms with E-state index in [4.69, 9.17) is 33.7 Å². The number of hydrogen-bond acceptors (Lipinski definition) is 6. The molecule has 9 heteroatoms. The van der Waals surface area contributed by atoms with Gasteiger partial charge in [-0.1, -0.05) is 65.7 Å². The van der Waals surface area contributed by atoms with Crippen LogP contribution in [-0.2, 0) is 9.53 Å². The molecule has 0 spiro atoms. The molecular weight excluding hydrogens is 523 g/mol. The molecule has 200 valence electrons. The van der Waals surface area contributed by atoms with Gasteiger partial charge >= 0.3 is 0 Å². The van der Waals surface area contributed by atoms with Crippen molar-refractivity contribution >= 4 is 40.6 Å². The molecule has 0 saturated carbocycles. The van der Waals surface area contributed by atoms with Crippen molar-refractivity contribution in [3.8, 4) is 11.1 Å². The largest absolute Gasteiger partial charge is 0.379 e. The Labute approximate surface area is 233 Å². The zero-order chi connectivity index (χ0) is 27.1. The Bertz CT molecular complexity index is 1260. The minimum absolute atomic E-state index is 0.0533. The predicted octanol–water partition coefficient (Wildman–Crippen LogP) is 4.43. The second-order valence-electron chi connectivity index (χ2n) is 9.37. The van der Waals surface area contributed by atoms with Crippen molar-refractivity contribution in [2.75, 3.05) is 57.9 Å². The van der Waals surface area contributed by atoms with Crippen LogP contribution in [0.2, 0.25) is 10.0 Å². The predicted molar refractivity (Wildman–Crippen MR) is 153 cm³/mol. The van der Waals surface area contributed by atoms with Crippen LogP contribution < -0.4 is 16.0 Å². The molecule has 3 aromatic rings. The lowest BCUT2D eigenvalue weighted by Crippen LogP contribution is -2.43. The van der Waals surface area contributed by atoms with Gasteiger partial charge in [-0.25, -0.2) is 0 Å². The van der Waals surface area contributed by atoms with E-state index in [9.17, 15) is 9.59 Å². The Balaban J connectivity index is 1.46. The summed E-state index contributed by atoms with van der Waals surface area (Å²) in [7, 11) is 1.85. The zero-order valence-corrected chi connectivity index (χ0v) is 22.8. The van der Waals surface area contributed by atoms with Crippen molar-refractivity contribution in [3.05, 3.63) is 87.9 Å². The summed E-state index contributed by atoms with van der Waals surface area (Å²) < 4.78 is 5.50. The molecule has 1 fully saturated rings. The number of morpholine rings is 1. The van der Waals surface area contributed by atoms with Crippen LogP contribution in [-0.4, -0.2) is 69.6 Å². The molecule has 1 aliphatic heterocycles. The zero-order valence-electron chi connectivity index (χ0n) is 21.3. The summed E-state index contributed by atoms with van der Waals surface area (Å²) in [5, 5.41) is 4.40. The minimum atomic E-state index is -0.458. The van der Waals surface area contributed by atoms with Gasteiger partial charge in [-0.3, -0.25) is 14.5 Å². The lowest BCUT2D eigenvalue weighted by Gasteiger charge is -2.31. The van der Waals surface area contributed by atoms with E-state index >= 15 is 0 Å². The quantitative estimate of drug-likeness (QED) is 0.364. The van der Waals surface area contributed by atoms with Gasteiger partial charge in [0, 0.05) is 44.0 Å². The SMILES string of the molecule is CN(CC(=O)CNC(CN1CCOCC1)c1ccc(-c2ccccc2C(N)=O)cc1)c1ccc(Cl)c(Cl)c1. The topological polar surface area (TPSA) is 87.9 Å². The Morgan fingerprint density at radius 2 is 1.74 bits per heavy atom. The fourth-order valence-electron chi connectivity index (χ4n) is 4.55. The first kappa shape index (κ1) is 28.1. The van der Waals surface area contributed by atoms with Gasteiger partial charge in [0.15, 0.2) is 5.78 Å². The number of nitrogens with zero attached hydrogens (tertiary/aromatic N) is 2. The summed E-state index contributed by atoms with van der Waals surface area (Å²) in [4.78, 5) is 29.0. The van der Waals surface area contributed by atoms with Crippen molar-refractivity contribution < 1.29 is 14.3 Å². The van der Waals surface area contributed by atoms with Gasteiger partial charge in [0.05, 0.1) is 36.3 Å². The minimum Gasteiger partial charge on any atom is -0.379 e. The molecule has 7 nitrogen and oxygen atoms in total. The number of anilines is 1. The van der Waals surface area contributed by atoms with E-state index in [2.05, 4.69) is 10.2 Å². The van der Waals surface area contributed by atoms with Gasteiger partial charge in [-0.15, -0.1) is 0 Å². The summed E-state index contributed by atoms with van der Waals surface area (Å²) in [6, 6.07) is 20.6. The van der Waals surface area contributed by atoms with E-state index in [1.54, 1.807) is 24.3 Å². The third-order valence-corrected chi connectivity index (χ3v) is 7.40. The standard InChI is InChI=1S/C29H32Cl2N4O3/c1-34(22-10-11-26(30)27(31)16-22)18-23(36)17-33-28(19-35-12-14-38-15-13-35)21-8-6-20(7-9-21)24-4-2-3-5-25(24)29(32)37/h2-11,16,28,33H,12-15,17-19H2,1H3,(H2,32,37). The number of carbonyl (C=O) groups excluding carboxylic acids is 2. The maximum atomic E-state index is 12.9. The average molecular weight is 556 g/mol. The molecule has 1 unspecified atom stereocenters. The summed E-state index contributed by atoms with van der Waals surface area (Å²) in [5.41, 5.74) is 9.65. The lowest BCUT2D eigenvalue weighted by molar-refractivity contribution is -0.117. The Hall–Kier alpha value is -2.94. The molecule has 3 N–H and O–H groups in total. The van der Waals surface area contributed by atoms with E-state index in [-0.39, 0.29) is 24.9 Å². The van der Waals surface area contributed by atoms with Crippen LogP contribution in [0.3, 0.4) is 0 Å². The highest BCUT2D eigenvalue weighted by atomic mass is 35.5. The molecule has 0 bridgehead atoms. The lowest BCUT2D eigenvalue weighted by atomic mass is 9.96. The number of nitrogens with one attached hydrogen (secondary N) is 1. The summed E-state index contributed by atoms with van der Waals surface area (Å²) >= 11 is 12.2. The van der Waals surface area contributed by atoms with Gasteiger partial charge in [-0.2, -0.15) is 0 Å². The molecule has 4 rings (SSSR count). The molecule has 0 aliphatic carbocycles. The molecule has 0 radical (unpaired) electrons. The number of Topliss-reactive ketones (excluding diaryl/α,β-unsaturated/α-hetero) is 1. The van der Waals surface area contributed by atoms with Crippen LogP contribution in [0.15, 0.2) is 66.7 Å². The fourth-order valence-corrected chi connectivity index (χ4v) is 4.84. The Morgan fingerprint density at radius 1 is 1.03 bits per heavy atom. The number of ketones is 1. The molecule has 1 atom stereocenters. The summed E-state index contributed by atoms with van der Waals surface area (Å²) in [6.45, 7) is 4.28. The molecule has 1 saturated heterocycles. The van der Waals surface area contributed by atoms with Gasteiger partial charge in [0.1, 0.15) is 0 Å². The number of halogens is 2. The van der Waals surface area contributed by atoms with Crippen molar-refractivity contribution in [3.63, 3.8) is 0 Å². The van der Waals surface area contributed by atoms with Gasteiger partial charge in [0.2, 0.25) is 5.91 Å². The second kappa shape index (κ2) is 13.2. The number of rotatable bonds is 11. The fraction of sp³-hybridized carbons (Fsp3) is 0.310. The normalized spacial score (nSPS) is 14.7. The van der Waals surface area contributed by atoms with Gasteiger partial charge in [-0.05, 0) is 41.0 Å². The molecule has 3 aromatic carbocycles. The summed E-state index contributed by atoms with van der Waals surface area (Å²) in [5.74, 6) is -0.404. The number of amides is 1. The number of likely N-dealkylation sites (N-methyl/N-ethyl adjacent to an activating group) is 1. The number of benzene rings is 3. The molecular formula is C29H32Cl2N4O3. The van der Waals surface area contributed by atoms with Crippen LogP contribution in [0.5, 0.6) is 0 Å². The number of primary amides is 1. The number of carbonyl (C=O) groups is 2. The van der Waals surface area contributed by atoms with Crippen LogP contribution in [0.25, 0.3) is 11.1 Å². The molecule has 38 heavy (non-hydrogen) atoms. The molecule has 1 amide bonds. The Kier molecular flexibility index (Phi) is 9.77. The highest BCUT2D eigenvalue weighted by Gasteiger charge is 2.20. The number of hydrogen-bond donors (Lipinski definition) is 2. The number of nitrogens with two attached hydrogens (primary N) is 1. The van der Waals surface area contributed by atoms with E-state index in [1.807, 2.05) is 54.4 Å². The third kappa shape index (κ3) is 7.34. The van der Waals surface area contributed by atoms with Crippen LogP contribution in [0.4, 0.5) is 5.69 Å². The average Bonchev–Trinajstić information content (AvgIpc) is 2.93. The van der Waals surface area contributed by atoms with Crippen molar-refractivity contribution in [2.45, 2.75) is 6.04 Å². The van der Waals surface area contributed by atoms with Crippen LogP contribution in [0.1, 0.15) is 22.0 Å². The second-order valence-corrected chi connectivity index (χ2v) is 10.2. The third-order valence-electron chi connectivity index (χ3n) is 6.66. The molecule has 0 aromatic heterocycles. The maximum absolute atomic E-state index is 12.9. The smallest absolute Gasteiger partial charge is 0.249 e. The van der Waals surface area contributed by atoms with E-state index in [0.29, 0.717) is 28.8 Å². The maximum Gasteiger partial charge on any atom is 0.249 e. The number of ether oxygens (including phenoxy) is 1. The Morgan fingerprint density at radius 3 is 2.42 bits per heavy atom. The highest BCUT2D eigenvalue weighted by molar-refractivity contribution is 6.42.